The van der Waals surface area contributed by atoms with Crippen LogP contribution in [0.3, 0.4) is 0 Å². The Balaban J connectivity index is 2.15. The van der Waals surface area contributed by atoms with Crippen LogP contribution in [-0.2, 0) is 4.79 Å². The molecule has 3 rings (SSSR count). The number of fused-ring (bicyclic) bond motifs is 1. The maximum atomic E-state index is 11.6. The lowest BCUT2D eigenvalue weighted by molar-refractivity contribution is -0.112. The molecule has 1 aromatic carbocycles. The first-order valence-electron chi connectivity index (χ1n) is 5.57. The summed E-state index contributed by atoms with van der Waals surface area (Å²) in [6.45, 7) is 1.98. The summed E-state index contributed by atoms with van der Waals surface area (Å²) in [6, 6.07) is 7.27. The molecule has 2 heterocycles. The van der Waals surface area contributed by atoms with Gasteiger partial charge >= 0.3 is 0 Å². The summed E-state index contributed by atoms with van der Waals surface area (Å²) in [5.74, 6) is -1.04. The Kier molecular flexibility index (Phi) is 2.23. The predicted octanol–water partition coefficient (Wildman–Crippen LogP) is 2.19. The van der Waals surface area contributed by atoms with Gasteiger partial charge in [0.1, 0.15) is 0 Å². The van der Waals surface area contributed by atoms with Gasteiger partial charge in [-0.1, -0.05) is 6.07 Å². The predicted molar refractivity (Wildman–Crippen MR) is 67.4 cm³/mol. The summed E-state index contributed by atoms with van der Waals surface area (Å²) in [6.07, 6.45) is 3.48. The number of nitrogens with one attached hydrogen (secondary N) is 1. The van der Waals surface area contributed by atoms with Crippen molar-refractivity contribution in [1.29, 1.82) is 0 Å². The molecule has 1 N–H and O–H groups in total. The molecule has 1 aromatic heterocycles. The van der Waals surface area contributed by atoms with E-state index in [4.69, 9.17) is 0 Å². The fourth-order valence-electron chi connectivity index (χ4n) is 2.08. The van der Waals surface area contributed by atoms with Crippen LogP contribution in [0, 0.1) is 6.92 Å². The second kappa shape index (κ2) is 3.77. The van der Waals surface area contributed by atoms with Crippen LogP contribution >= 0.6 is 0 Å². The van der Waals surface area contributed by atoms with Gasteiger partial charge in [-0.15, -0.1) is 0 Å². The van der Waals surface area contributed by atoms with E-state index in [9.17, 15) is 9.59 Å². The number of rotatable bonds is 1. The second-order valence-electron chi connectivity index (χ2n) is 4.23. The van der Waals surface area contributed by atoms with Crippen molar-refractivity contribution in [2.75, 3.05) is 5.32 Å². The van der Waals surface area contributed by atoms with Crippen LogP contribution in [0.4, 0.5) is 5.69 Å². The number of pyridine rings is 1. The van der Waals surface area contributed by atoms with Crippen molar-refractivity contribution in [3.63, 3.8) is 0 Å². The molecule has 0 fully saturated rings. The molecule has 1 aliphatic rings. The van der Waals surface area contributed by atoms with Crippen LogP contribution in [0.25, 0.3) is 11.1 Å². The van der Waals surface area contributed by atoms with Gasteiger partial charge in [0.2, 0.25) is 0 Å². The zero-order chi connectivity index (χ0) is 12.7. The van der Waals surface area contributed by atoms with Crippen LogP contribution in [0.1, 0.15) is 15.9 Å². The van der Waals surface area contributed by atoms with E-state index in [1.807, 2.05) is 19.1 Å². The minimum atomic E-state index is -0.565. The van der Waals surface area contributed by atoms with Crippen molar-refractivity contribution in [2.45, 2.75) is 6.92 Å². The third-order valence-electron chi connectivity index (χ3n) is 3.07. The van der Waals surface area contributed by atoms with Crippen molar-refractivity contribution in [1.82, 2.24) is 4.98 Å². The van der Waals surface area contributed by atoms with E-state index < -0.39 is 11.7 Å². The first kappa shape index (κ1) is 10.7. The molecule has 18 heavy (non-hydrogen) atoms. The molecule has 0 radical (unpaired) electrons. The van der Waals surface area contributed by atoms with Crippen LogP contribution in [0.2, 0.25) is 0 Å². The Hall–Kier alpha value is -2.49. The highest BCUT2D eigenvalue weighted by atomic mass is 16.2. The number of ketones is 1. The highest BCUT2D eigenvalue weighted by Crippen LogP contribution is 2.30. The Labute approximate surface area is 104 Å². The average Bonchev–Trinajstić information content (AvgIpc) is 2.66. The van der Waals surface area contributed by atoms with Crippen molar-refractivity contribution in [3.8, 4) is 11.1 Å². The molecular weight excluding hydrogens is 228 g/mol. The SMILES string of the molecule is Cc1ccncc1-c1ccc2c(c1)C(=O)C(=O)N2. The number of benzene rings is 1. The lowest BCUT2D eigenvalue weighted by Crippen LogP contribution is -2.12. The zero-order valence-electron chi connectivity index (χ0n) is 9.73. The summed E-state index contributed by atoms with van der Waals surface area (Å²) in [5.41, 5.74) is 3.95. The number of hydrogen-bond acceptors (Lipinski definition) is 3. The Bertz CT molecular complexity index is 677. The maximum Gasteiger partial charge on any atom is 0.296 e. The maximum absolute atomic E-state index is 11.6. The fraction of sp³-hybridized carbons (Fsp3) is 0.0714. The van der Waals surface area contributed by atoms with E-state index in [2.05, 4.69) is 10.3 Å². The molecule has 0 saturated heterocycles. The number of carbonyl (C=O) groups excluding carboxylic acids is 2. The van der Waals surface area contributed by atoms with Crippen molar-refractivity contribution < 1.29 is 9.59 Å². The molecule has 4 heteroatoms. The lowest BCUT2D eigenvalue weighted by Gasteiger charge is -2.06. The van der Waals surface area contributed by atoms with E-state index >= 15 is 0 Å². The summed E-state index contributed by atoms with van der Waals surface area (Å²) in [5, 5.41) is 2.54. The Morgan fingerprint density at radius 1 is 1.11 bits per heavy atom. The summed E-state index contributed by atoms with van der Waals surface area (Å²) in [4.78, 5) is 27.0. The number of aryl methyl sites for hydroxylation is 1. The molecule has 1 amide bonds. The summed E-state index contributed by atoms with van der Waals surface area (Å²) < 4.78 is 0. The van der Waals surface area contributed by atoms with Gasteiger partial charge in [-0.3, -0.25) is 14.6 Å². The monoisotopic (exact) mass is 238 g/mol. The Morgan fingerprint density at radius 3 is 2.72 bits per heavy atom. The molecule has 4 nitrogen and oxygen atoms in total. The zero-order valence-corrected chi connectivity index (χ0v) is 9.73. The van der Waals surface area contributed by atoms with Gasteiger partial charge in [0.05, 0.1) is 11.3 Å². The first-order valence-corrected chi connectivity index (χ1v) is 5.57. The summed E-state index contributed by atoms with van der Waals surface area (Å²) >= 11 is 0. The number of Topliss-reactive ketones (excluding diaryl/α,β-unsaturated/α-hetero) is 1. The molecular formula is C14H10N2O2. The third kappa shape index (κ3) is 1.50. The van der Waals surface area contributed by atoms with E-state index in [1.54, 1.807) is 24.5 Å². The first-order chi connectivity index (χ1) is 8.66. The van der Waals surface area contributed by atoms with Crippen LogP contribution in [0.5, 0.6) is 0 Å². The molecule has 0 saturated carbocycles. The quantitative estimate of drug-likeness (QED) is 0.775. The molecule has 0 aliphatic carbocycles. The van der Waals surface area contributed by atoms with Gasteiger partial charge in [-0.05, 0) is 36.2 Å². The van der Waals surface area contributed by atoms with E-state index in [1.165, 1.54) is 0 Å². The van der Waals surface area contributed by atoms with Crippen molar-refractivity contribution in [2.24, 2.45) is 0 Å². The van der Waals surface area contributed by atoms with Gasteiger partial charge in [0, 0.05) is 18.0 Å². The third-order valence-corrected chi connectivity index (χ3v) is 3.07. The standard InChI is InChI=1S/C14H10N2O2/c1-8-4-5-15-7-11(8)9-2-3-12-10(6-9)13(17)14(18)16-12/h2-7H,1H3,(H,16,17,18). The lowest BCUT2D eigenvalue weighted by atomic mass is 9.99. The van der Waals surface area contributed by atoms with Gasteiger partial charge in [-0.25, -0.2) is 0 Å². The number of amides is 1. The smallest absolute Gasteiger partial charge is 0.296 e. The van der Waals surface area contributed by atoms with Gasteiger partial charge < -0.3 is 5.32 Å². The number of hydrogen-bond donors (Lipinski definition) is 1. The van der Waals surface area contributed by atoms with Crippen LogP contribution in [-0.4, -0.2) is 16.7 Å². The molecule has 1 aliphatic heterocycles. The largest absolute Gasteiger partial charge is 0.318 e. The van der Waals surface area contributed by atoms with E-state index in [0.29, 0.717) is 11.3 Å². The van der Waals surface area contributed by atoms with E-state index in [-0.39, 0.29) is 0 Å². The minimum Gasteiger partial charge on any atom is -0.318 e. The topological polar surface area (TPSA) is 59.1 Å². The second-order valence-corrected chi connectivity index (χ2v) is 4.23. The Morgan fingerprint density at radius 2 is 1.94 bits per heavy atom. The molecule has 0 unspecified atom stereocenters. The fourth-order valence-corrected chi connectivity index (χ4v) is 2.08. The van der Waals surface area contributed by atoms with Crippen molar-refractivity contribution in [3.05, 3.63) is 47.8 Å². The van der Waals surface area contributed by atoms with Crippen LogP contribution in [0.15, 0.2) is 36.7 Å². The minimum absolute atomic E-state index is 0.431. The molecule has 0 spiro atoms. The number of aromatic nitrogens is 1. The number of carbonyl (C=O) groups is 2. The molecule has 2 aromatic rings. The molecule has 88 valence electrons. The highest BCUT2D eigenvalue weighted by molar-refractivity contribution is 6.51. The summed E-state index contributed by atoms with van der Waals surface area (Å²) in [7, 11) is 0. The molecule has 0 bridgehead atoms. The van der Waals surface area contributed by atoms with Crippen LogP contribution < -0.4 is 5.32 Å². The van der Waals surface area contributed by atoms with Gasteiger partial charge in [-0.2, -0.15) is 0 Å². The molecule has 0 atom stereocenters. The number of anilines is 1. The highest BCUT2D eigenvalue weighted by Gasteiger charge is 2.28. The normalized spacial score (nSPS) is 13.4. The van der Waals surface area contributed by atoms with Gasteiger partial charge in [0.15, 0.2) is 0 Å². The van der Waals surface area contributed by atoms with Gasteiger partial charge in [0.25, 0.3) is 11.7 Å². The number of nitrogens with zero attached hydrogens (tertiary/aromatic N) is 1. The average molecular weight is 238 g/mol. The van der Waals surface area contributed by atoms with Crippen molar-refractivity contribution >= 4 is 17.4 Å². The van der Waals surface area contributed by atoms with E-state index in [0.717, 1.165) is 16.7 Å².